The summed E-state index contributed by atoms with van der Waals surface area (Å²) >= 11 is 0. The van der Waals surface area contributed by atoms with Crippen molar-refractivity contribution in [1.29, 1.82) is 0 Å². The Morgan fingerprint density at radius 3 is 2.41 bits per heavy atom. The molecule has 0 bridgehead atoms. The molecule has 0 aromatic heterocycles. The fourth-order valence-corrected chi connectivity index (χ4v) is 4.89. The molecule has 2 aromatic carbocycles. The Labute approximate surface area is 189 Å². The van der Waals surface area contributed by atoms with Crippen molar-refractivity contribution in [2.45, 2.75) is 50.2 Å². The van der Waals surface area contributed by atoms with E-state index in [1.165, 1.54) is 0 Å². The van der Waals surface area contributed by atoms with Gasteiger partial charge in [0, 0.05) is 50.1 Å². The molecule has 0 aliphatic carbocycles. The van der Waals surface area contributed by atoms with Gasteiger partial charge in [0.25, 0.3) is 0 Å². The number of rotatable bonds is 5. The highest BCUT2D eigenvalue weighted by molar-refractivity contribution is 5.41. The van der Waals surface area contributed by atoms with Crippen LogP contribution in [0.3, 0.4) is 0 Å². The van der Waals surface area contributed by atoms with Crippen molar-refractivity contribution in [3.63, 3.8) is 0 Å². The molecule has 3 aliphatic rings. The van der Waals surface area contributed by atoms with Crippen molar-refractivity contribution in [1.82, 2.24) is 4.90 Å². The summed E-state index contributed by atoms with van der Waals surface area (Å²) in [7, 11) is 0. The van der Waals surface area contributed by atoms with Crippen molar-refractivity contribution >= 4 is 5.69 Å². The van der Waals surface area contributed by atoms with Crippen LogP contribution in [0.1, 0.15) is 48.3 Å². The fourth-order valence-electron chi connectivity index (χ4n) is 4.89. The highest BCUT2D eigenvalue weighted by Gasteiger charge is 2.41. The predicted octanol–water partition coefficient (Wildman–Crippen LogP) is 3.15. The number of nitrogens with two attached hydrogens (primary N) is 1. The van der Waals surface area contributed by atoms with Crippen LogP contribution in [-0.4, -0.2) is 54.7 Å². The number of hydrogen-bond donors (Lipinski definition) is 2. The zero-order valence-corrected chi connectivity index (χ0v) is 18.3. The molecule has 0 saturated carbocycles. The van der Waals surface area contributed by atoms with E-state index in [4.69, 9.17) is 24.7 Å². The Hall–Kier alpha value is -2.00. The minimum absolute atomic E-state index is 0.0252. The van der Waals surface area contributed by atoms with Gasteiger partial charge in [0.1, 0.15) is 0 Å². The third-order valence-corrected chi connectivity index (χ3v) is 6.69. The Kier molecular flexibility index (Phi) is 6.46. The van der Waals surface area contributed by atoms with Crippen molar-refractivity contribution in [3.8, 4) is 0 Å². The molecule has 3 fully saturated rings. The second-order valence-corrected chi connectivity index (χ2v) is 8.93. The van der Waals surface area contributed by atoms with E-state index >= 15 is 0 Å². The number of benzene rings is 2. The van der Waals surface area contributed by atoms with E-state index in [2.05, 4.69) is 4.90 Å². The maximum atomic E-state index is 9.37. The van der Waals surface area contributed by atoms with Crippen LogP contribution in [-0.2, 0) is 25.6 Å². The lowest BCUT2D eigenvalue weighted by Gasteiger charge is -2.41. The molecule has 1 spiro atoms. The molecule has 0 radical (unpaired) electrons. The number of piperidine rings is 1. The highest BCUT2D eigenvalue weighted by atomic mass is 16.7. The van der Waals surface area contributed by atoms with Gasteiger partial charge in [0.05, 0.1) is 32.0 Å². The second-order valence-electron chi connectivity index (χ2n) is 8.93. The average molecular weight is 441 g/mol. The largest absolute Gasteiger partial charge is 0.399 e. The van der Waals surface area contributed by atoms with E-state index in [1.807, 2.05) is 48.5 Å². The van der Waals surface area contributed by atoms with Gasteiger partial charge in [0.2, 0.25) is 0 Å². The van der Waals surface area contributed by atoms with Crippen molar-refractivity contribution in [2.75, 3.05) is 38.6 Å². The first-order valence-corrected chi connectivity index (χ1v) is 11.5. The molecule has 3 aliphatic heterocycles. The van der Waals surface area contributed by atoms with E-state index in [-0.39, 0.29) is 24.6 Å². The number of hydrogen-bond acceptors (Lipinski definition) is 7. The first kappa shape index (κ1) is 21.8. The predicted molar refractivity (Wildman–Crippen MR) is 120 cm³/mol. The Morgan fingerprint density at radius 1 is 0.969 bits per heavy atom. The second kappa shape index (κ2) is 9.47. The molecular weight excluding hydrogens is 408 g/mol. The van der Waals surface area contributed by atoms with Crippen molar-refractivity contribution in [2.24, 2.45) is 0 Å². The topological polar surface area (TPSA) is 86.4 Å². The van der Waals surface area contributed by atoms with Gasteiger partial charge in [0.15, 0.2) is 12.1 Å². The summed E-state index contributed by atoms with van der Waals surface area (Å²) in [4.78, 5) is 2.44. The maximum Gasteiger partial charge on any atom is 0.185 e. The molecule has 3 saturated heterocycles. The zero-order chi connectivity index (χ0) is 22.0. The Morgan fingerprint density at radius 2 is 1.72 bits per heavy atom. The van der Waals surface area contributed by atoms with E-state index in [0.29, 0.717) is 18.9 Å². The van der Waals surface area contributed by atoms with Gasteiger partial charge in [-0.15, -0.1) is 0 Å². The van der Waals surface area contributed by atoms with Crippen LogP contribution in [0, 0.1) is 0 Å². The van der Waals surface area contributed by atoms with E-state index in [1.54, 1.807) is 0 Å². The normalized spacial score (nSPS) is 28.2. The van der Waals surface area contributed by atoms with Crippen LogP contribution < -0.4 is 5.73 Å². The number of nitrogens with zero attached hydrogens (tertiary/aromatic N) is 1. The van der Waals surface area contributed by atoms with Crippen LogP contribution in [0.15, 0.2) is 48.5 Å². The maximum absolute atomic E-state index is 9.37. The lowest BCUT2D eigenvalue weighted by Crippen LogP contribution is -2.48. The van der Waals surface area contributed by atoms with Gasteiger partial charge in [-0.1, -0.05) is 36.4 Å². The molecule has 3 N–H and O–H groups in total. The van der Waals surface area contributed by atoms with Gasteiger partial charge in [-0.3, -0.25) is 0 Å². The van der Waals surface area contributed by atoms with Crippen molar-refractivity contribution < 1.29 is 24.1 Å². The minimum atomic E-state index is -0.475. The molecule has 32 heavy (non-hydrogen) atoms. The molecule has 172 valence electrons. The van der Waals surface area contributed by atoms with Gasteiger partial charge < -0.3 is 34.7 Å². The summed E-state index contributed by atoms with van der Waals surface area (Å²) in [6.07, 6.45) is 2.01. The van der Waals surface area contributed by atoms with E-state index in [9.17, 15) is 5.11 Å². The molecule has 3 heterocycles. The molecule has 7 nitrogen and oxygen atoms in total. The summed E-state index contributed by atoms with van der Waals surface area (Å²) in [5, 5.41) is 9.37. The molecule has 3 unspecified atom stereocenters. The monoisotopic (exact) mass is 440 g/mol. The standard InChI is InChI=1S/C25H32N2O5/c26-21-3-1-2-20(14-21)24-31-22(15-23(32-24)19-6-4-18(17-28)5-7-19)16-27-10-8-25(9-11-27)29-12-13-30-25/h1-7,14,22-24,28H,8-13,15-17,26H2. The molecule has 7 heteroatoms. The number of aliphatic hydroxyl groups is 1. The highest BCUT2D eigenvalue weighted by Crippen LogP contribution is 2.39. The number of anilines is 1. The number of likely N-dealkylation sites (tertiary alicyclic amines) is 1. The summed E-state index contributed by atoms with van der Waals surface area (Å²) < 4.78 is 24.5. The summed E-state index contributed by atoms with van der Waals surface area (Å²) in [6, 6.07) is 15.7. The summed E-state index contributed by atoms with van der Waals surface area (Å²) in [6.45, 7) is 4.12. The van der Waals surface area contributed by atoms with Crippen molar-refractivity contribution in [3.05, 3.63) is 65.2 Å². The summed E-state index contributed by atoms with van der Waals surface area (Å²) in [5.41, 5.74) is 9.62. The van der Waals surface area contributed by atoms with E-state index in [0.717, 1.165) is 55.6 Å². The SMILES string of the molecule is Nc1cccc(C2OC(CN3CCC4(CC3)OCCO4)CC(c3ccc(CO)cc3)O2)c1. The zero-order valence-electron chi connectivity index (χ0n) is 18.3. The third kappa shape index (κ3) is 4.83. The average Bonchev–Trinajstić information content (AvgIpc) is 3.29. The van der Waals surface area contributed by atoms with Crippen LogP contribution >= 0.6 is 0 Å². The smallest absolute Gasteiger partial charge is 0.185 e. The molecule has 3 atom stereocenters. The quantitative estimate of drug-likeness (QED) is 0.691. The lowest BCUT2D eigenvalue weighted by molar-refractivity contribution is -0.255. The number of aliphatic hydroxyl groups excluding tert-OH is 1. The first-order valence-electron chi connectivity index (χ1n) is 11.5. The van der Waals surface area contributed by atoms with Crippen LogP contribution in [0.25, 0.3) is 0 Å². The molecule has 2 aromatic rings. The molecule has 0 amide bonds. The minimum Gasteiger partial charge on any atom is -0.399 e. The Bertz CT molecular complexity index is 889. The third-order valence-electron chi connectivity index (χ3n) is 6.69. The van der Waals surface area contributed by atoms with E-state index < -0.39 is 6.29 Å². The van der Waals surface area contributed by atoms with Gasteiger partial charge in [-0.2, -0.15) is 0 Å². The van der Waals surface area contributed by atoms with Gasteiger partial charge in [-0.05, 0) is 23.3 Å². The van der Waals surface area contributed by atoms with Crippen LogP contribution in [0.2, 0.25) is 0 Å². The van der Waals surface area contributed by atoms with Crippen LogP contribution in [0.4, 0.5) is 5.69 Å². The number of ether oxygens (including phenoxy) is 4. The first-order chi connectivity index (χ1) is 15.6. The molecule has 5 rings (SSSR count). The fraction of sp³-hybridized carbons (Fsp3) is 0.520. The summed E-state index contributed by atoms with van der Waals surface area (Å²) in [5.74, 6) is -0.367. The van der Waals surface area contributed by atoms with Crippen LogP contribution in [0.5, 0.6) is 0 Å². The number of nitrogen functional groups attached to an aromatic ring is 1. The van der Waals surface area contributed by atoms with Gasteiger partial charge in [-0.25, -0.2) is 0 Å². The Balaban J connectivity index is 1.30. The van der Waals surface area contributed by atoms with Gasteiger partial charge >= 0.3 is 0 Å². The molecular formula is C25H32N2O5. The lowest BCUT2D eigenvalue weighted by atomic mass is 9.98.